The molecule has 1 N–H and O–H groups in total. The molecule has 0 spiro atoms. The predicted molar refractivity (Wildman–Crippen MR) is 163 cm³/mol. The summed E-state index contributed by atoms with van der Waals surface area (Å²) in [6.07, 6.45) is 0.710. The van der Waals surface area contributed by atoms with Crippen LogP contribution in [0, 0.1) is 0 Å². The molecule has 0 aromatic heterocycles. The zero-order valence-electron chi connectivity index (χ0n) is 23.5. The zero-order chi connectivity index (χ0) is 30.2. The highest BCUT2D eigenvalue weighted by Gasteiger charge is 2.32. The first-order chi connectivity index (χ1) is 19.5. The summed E-state index contributed by atoms with van der Waals surface area (Å²) in [4.78, 5) is 28.4. The normalized spacial score (nSPS) is 12.7. The van der Waals surface area contributed by atoms with Gasteiger partial charge in [0.25, 0.3) is 10.0 Å². The van der Waals surface area contributed by atoms with Crippen LogP contribution in [0.5, 0.6) is 5.75 Å². The van der Waals surface area contributed by atoms with E-state index in [1.54, 1.807) is 67.6 Å². The van der Waals surface area contributed by atoms with E-state index < -0.39 is 28.5 Å². The molecular formula is C30H35Cl2N3O5S. The third kappa shape index (κ3) is 8.38. The number of amides is 2. The third-order valence-corrected chi connectivity index (χ3v) is 9.08. The van der Waals surface area contributed by atoms with E-state index in [0.717, 1.165) is 4.31 Å². The van der Waals surface area contributed by atoms with E-state index in [9.17, 15) is 18.0 Å². The Kier molecular flexibility index (Phi) is 11.5. The highest BCUT2D eigenvalue weighted by atomic mass is 35.5. The van der Waals surface area contributed by atoms with Gasteiger partial charge in [-0.2, -0.15) is 0 Å². The fourth-order valence-corrected chi connectivity index (χ4v) is 5.74. The molecule has 0 heterocycles. The van der Waals surface area contributed by atoms with Crippen molar-refractivity contribution in [3.05, 3.63) is 88.4 Å². The lowest BCUT2D eigenvalue weighted by Crippen LogP contribution is -2.52. The fourth-order valence-electron chi connectivity index (χ4n) is 4.01. The van der Waals surface area contributed by atoms with Crippen LogP contribution in [0.25, 0.3) is 0 Å². The second-order valence-electron chi connectivity index (χ2n) is 9.52. The Bertz CT molecular complexity index is 1440. The summed E-state index contributed by atoms with van der Waals surface area (Å²) in [5.74, 6) is -0.391. The molecular weight excluding hydrogens is 585 g/mol. The number of sulfonamides is 1. The number of halogens is 2. The van der Waals surface area contributed by atoms with Crippen LogP contribution in [-0.4, -0.2) is 50.4 Å². The van der Waals surface area contributed by atoms with Gasteiger partial charge in [-0.25, -0.2) is 8.42 Å². The maximum Gasteiger partial charge on any atom is 0.264 e. The number of hydrogen-bond donors (Lipinski definition) is 1. The van der Waals surface area contributed by atoms with E-state index in [4.69, 9.17) is 27.9 Å². The Labute approximate surface area is 252 Å². The van der Waals surface area contributed by atoms with Crippen molar-refractivity contribution in [2.45, 2.75) is 57.6 Å². The van der Waals surface area contributed by atoms with Gasteiger partial charge in [-0.05, 0) is 81.3 Å². The maximum atomic E-state index is 14.0. The summed E-state index contributed by atoms with van der Waals surface area (Å²) in [5, 5.41) is 3.56. The molecule has 0 aliphatic heterocycles. The van der Waals surface area contributed by atoms with Crippen LogP contribution in [0.1, 0.15) is 39.7 Å². The van der Waals surface area contributed by atoms with Gasteiger partial charge >= 0.3 is 0 Å². The van der Waals surface area contributed by atoms with Crippen molar-refractivity contribution in [3.63, 3.8) is 0 Å². The van der Waals surface area contributed by atoms with Crippen molar-refractivity contribution in [1.29, 1.82) is 0 Å². The maximum absolute atomic E-state index is 14.0. The van der Waals surface area contributed by atoms with Gasteiger partial charge in [-0.3, -0.25) is 13.9 Å². The molecule has 3 aromatic carbocycles. The van der Waals surface area contributed by atoms with Gasteiger partial charge in [-0.15, -0.1) is 0 Å². The monoisotopic (exact) mass is 619 g/mol. The molecule has 0 aliphatic rings. The number of carbonyl (C=O) groups is 2. The summed E-state index contributed by atoms with van der Waals surface area (Å²) in [6.45, 7) is 7.17. The van der Waals surface area contributed by atoms with E-state index in [1.165, 1.54) is 17.0 Å². The smallest absolute Gasteiger partial charge is 0.264 e. The molecule has 3 rings (SSSR count). The zero-order valence-corrected chi connectivity index (χ0v) is 25.8. The molecule has 0 saturated heterocycles. The molecule has 3 aromatic rings. The second kappa shape index (κ2) is 14.6. The minimum absolute atomic E-state index is 0.00352. The first-order valence-electron chi connectivity index (χ1n) is 13.3. The Morgan fingerprint density at radius 2 is 1.59 bits per heavy atom. The number of rotatable bonds is 13. The van der Waals surface area contributed by atoms with E-state index in [-0.39, 0.29) is 23.4 Å². The predicted octanol–water partition coefficient (Wildman–Crippen LogP) is 5.92. The molecule has 11 heteroatoms. The SMILES string of the molecule is CCOc1ccc(S(=O)(=O)N(CC(=O)N(Cc2ccc(Cl)c(Cl)c2)C(C)C(=O)NC(C)CC)c2ccccc2)cc1. The molecule has 0 radical (unpaired) electrons. The van der Waals surface area contributed by atoms with Crippen LogP contribution in [-0.2, 0) is 26.2 Å². The Morgan fingerprint density at radius 3 is 2.17 bits per heavy atom. The summed E-state index contributed by atoms with van der Waals surface area (Å²) >= 11 is 12.3. The molecule has 220 valence electrons. The van der Waals surface area contributed by atoms with Crippen molar-refractivity contribution < 1.29 is 22.7 Å². The number of ether oxygens (including phenoxy) is 1. The second-order valence-corrected chi connectivity index (χ2v) is 12.2. The summed E-state index contributed by atoms with van der Waals surface area (Å²) in [6, 6.07) is 18.3. The number of nitrogens with zero attached hydrogens (tertiary/aromatic N) is 2. The lowest BCUT2D eigenvalue weighted by Gasteiger charge is -2.32. The number of anilines is 1. The highest BCUT2D eigenvalue weighted by Crippen LogP contribution is 2.27. The van der Waals surface area contributed by atoms with Crippen molar-refractivity contribution >= 4 is 50.7 Å². The van der Waals surface area contributed by atoms with Crippen molar-refractivity contribution in [1.82, 2.24) is 10.2 Å². The van der Waals surface area contributed by atoms with Crippen LogP contribution in [0.4, 0.5) is 5.69 Å². The summed E-state index contributed by atoms with van der Waals surface area (Å²) < 4.78 is 34.3. The average Bonchev–Trinajstić information content (AvgIpc) is 2.96. The quantitative estimate of drug-likeness (QED) is 0.256. The molecule has 0 saturated carbocycles. The Hall–Kier alpha value is -3.27. The minimum atomic E-state index is -4.18. The molecule has 0 aliphatic carbocycles. The van der Waals surface area contributed by atoms with E-state index in [1.807, 2.05) is 20.8 Å². The number of carbonyl (C=O) groups excluding carboxylic acids is 2. The number of benzene rings is 3. The number of para-hydroxylation sites is 1. The van der Waals surface area contributed by atoms with Crippen LogP contribution in [0.3, 0.4) is 0 Å². The van der Waals surface area contributed by atoms with E-state index in [2.05, 4.69) is 5.32 Å². The van der Waals surface area contributed by atoms with Crippen LogP contribution in [0.2, 0.25) is 10.0 Å². The fraction of sp³-hybridized carbons (Fsp3) is 0.333. The topological polar surface area (TPSA) is 96.0 Å². The van der Waals surface area contributed by atoms with Gasteiger partial charge < -0.3 is 15.0 Å². The molecule has 2 amide bonds. The summed E-state index contributed by atoms with van der Waals surface area (Å²) in [5.41, 5.74) is 0.942. The molecule has 41 heavy (non-hydrogen) atoms. The highest BCUT2D eigenvalue weighted by molar-refractivity contribution is 7.92. The van der Waals surface area contributed by atoms with Crippen molar-refractivity contribution in [2.24, 2.45) is 0 Å². The van der Waals surface area contributed by atoms with Gasteiger partial charge in [-0.1, -0.05) is 54.4 Å². The lowest BCUT2D eigenvalue weighted by atomic mass is 10.1. The number of hydrogen-bond acceptors (Lipinski definition) is 5. The summed E-state index contributed by atoms with van der Waals surface area (Å²) in [7, 11) is -4.18. The standard InChI is InChI=1S/C30H35Cl2N3O5S/c1-5-21(3)33-30(37)22(4)34(19-23-12-17-27(31)28(32)18-23)29(36)20-35(24-10-8-7-9-11-24)41(38,39)26-15-13-25(14-16-26)40-6-2/h7-18,21-22H,5-6,19-20H2,1-4H3,(H,33,37). The third-order valence-electron chi connectivity index (χ3n) is 6.55. The van der Waals surface area contributed by atoms with Crippen LogP contribution < -0.4 is 14.4 Å². The molecule has 0 fully saturated rings. The van der Waals surface area contributed by atoms with Crippen LogP contribution >= 0.6 is 23.2 Å². The number of nitrogens with one attached hydrogen (secondary N) is 1. The molecule has 2 unspecified atom stereocenters. The van der Waals surface area contributed by atoms with Gasteiger partial charge in [0, 0.05) is 12.6 Å². The minimum Gasteiger partial charge on any atom is -0.494 e. The molecule has 8 nitrogen and oxygen atoms in total. The molecule has 2 atom stereocenters. The lowest BCUT2D eigenvalue weighted by molar-refractivity contribution is -0.139. The van der Waals surface area contributed by atoms with Gasteiger partial charge in [0.15, 0.2) is 0 Å². The first kappa shape index (κ1) is 32.2. The van der Waals surface area contributed by atoms with E-state index >= 15 is 0 Å². The van der Waals surface area contributed by atoms with Gasteiger partial charge in [0.2, 0.25) is 11.8 Å². The van der Waals surface area contributed by atoms with Gasteiger partial charge in [0.1, 0.15) is 18.3 Å². The van der Waals surface area contributed by atoms with E-state index in [0.29, 0.717) is 40.1 Å². The first-order valence-corrected chi connectivity index (χ1v) is 15.5. The largest absolute Gasteiger partial charge is 0.494 e. The Balaban J connectivity index is 2.00. The van der Waals surface area contributed by atoms with Crippen LogP contribution in [0.15, 0.2) is 77.7 Å². The Morgan fingerprint density at radius 1 is 0.927 bits per heavy atom. The average molecular weight is 621 g/mol. The van der Waals surface area contributed by atoms with Crippen molar-refractivity contribution in [3.8, 4) is 5.75 Å². The molecule has 0 bridgehead atoms. The van der Waals surface area contributed by atoms with Crippen molar-refractivity contribution in [2.75, 3.05) is 17.5 Å². The van der Waals surface area contributed by atoms with Gasteiger partial charge in [0.05, 0.1) is 27.2 Å².